The molecule has 0 aliphatic carbocycles. The third kappa shape index (κ3) is 3.41. The molecule has 2 aromatic rings. The number of hydrogen-bond donors (Lipinski definition) is 1. The van der Waals surface area contributed by atoms with Gasteiger partial charge in [0.1, 0.15) is 5.00 Å². The first-order valence-electron chi connectivity index (χ1n) is 7.97. The first kappa shape index (κ1) is 17.9. The van der Waals surface area contributed by atoms with Crippen molar-refractivity contribution in [2.75, 3.05) is 26.1 Å². The highest BCUT2D eigenvalue weighted by Gasteiger charge is 2.31. The van der Waals surface area contributed by atoms with Crippen molar-refractivity contribution in [1.29, 1.82) is 0 Å². The van der Waals surface area contributed by atoms with Crippen LogP contribution in [-0.2, 0) is 22.4 Å². The Morgan fingerprint density at radius 3 is 2.50 bits per heavy atom. The molecule has 136 valence electrons. The van der Waals surface area contributed by atoms with Crippen LogP contribution in [0.5, 0.6) is 0 Å². The van der Waals surface area contributed by atoms with Crippen molar-refractivity contribution in [1.82, 2.24) is 4.90 Å². The van der Waals surface area contributed by atoms with Gasteiger partial charge in [0.05, 0.1) is 26.3 Å². The fourth-order valence-electron chi connectivity index (χ4n) is 2.86. The smallest absolute Gasteiger partial charge is 0.409 e. The van der Waals surface area contributed by atoms with Crippen molar-refractivity contribution in [2.24, 2.45) is 0 Å². The summed E-state index contributed by atoms with van der Waals surface area (Å²) >= 11 is 1.28. The maximum Gasteiger partial charge on any atom is 0.409 e. The van der Waals surface area contributed by atoms with Crippen LogP contribution < -0.4 is 5.32 Å². The number of fused-ring (bicyclic) bond motifs is 1. The van der Waals surface area contributed by atoms with E-state index in [2.05, 4.69) is 5.32 Å². The Kier molecular flexibility index (Phi) is 5.22. The minimum absolute atomic E-state index is 0.306. The van der Waals surface area contributed by atoms with Crippen LogP contribution in [-0.4, -0.2) is 43.6 Å². The van der Waals surface area contributed by atoms with Crippen molar-refractivity contribution in [3.8, 4) is 0 Å². The Labute approximate surface area is 154 Å². The quantitative estimate of drug-likeness (QED) is 0.835. The van der Waals surface area contributed by atoms with Crippen LogP contribution in [0.2, 0.25) is 0 Å². The number of carbonyl (C=O) groups excluding carboxylic acids is 3. The lowest BCUT2D eigenvalue weighted by atomic mass is 10.0. The molecule has 0 saturated carbocycles. The number of carbonyl (C=O) groups is 3. The molecule has 7 nitrogen and oxygen atoms in total. The van der Waals surface area contributed by atoms with E-state index in [1.165, 1.54) is 25.6 Å². The molecule has 1 aliphatic rings. The predicted molar refractivity (Wildman–Crippen MR) is 96.6 cm³/mol. The molecular formula is C18H18N2O5S. The molecular weight excluding hydrogens is 356 g/mol. The maximum atomic E-state index is 12.5. The highest BCUT2D eigenvalue weighted by molar-refractivity contribution is 7.17. The molecule has 0 saturated heterocycles. The molecule has 2 amide bonds. The molecule has 0 radical (unpaired) electrons. The van der Waals surface area contributed by atoms with Gasteiger partial charge < -0.3 is 19.7 Å². The van der Waals surface area contributed by atoms with Gasteiger partial charge in [-0.15, -0.1) is 11.3 Å². The zero-order chi connectivity index (χ0) is 18.7. The Hall–Kier alpha value is -2.87. The highest BCUT2D eigenvalue weighted by atomic mass is 32.1. The number of esters is 1. The normalized spacial score (nSPS) is 12.9. The van der Waals surface area contributed by atoms with Gasteiger partial charge in [0.2, 0.25) is 0 Å². The van der Waals surface area contributed by atoms with Crippen LogP contribution in [0.4, 0.5) is 9.80 Å². The second-order valence-corrected chi connectivity index (χ2v) is 6.77. The topological polar surface area (TPSA) is 84.9 Å². The van der Waals surface area contributed by atoms with Crippen LogP contribution in [0.1, 0.15) is 31.2 Å². The number of nitrogens with one attached hydrogen (secondary N) is 1. The van der Waals surface area contributed by atoms with E-state index in [0.717, 1.165) is 10.4 Å². The number of nitrogens with zero attached hydrogens (tertiary/aromatic N) is 1. The van der Waals surface area contributed by atoms with Crippen LogP contribution in [0.25, 0.3) is 0 Å². The van der Waals surface area contributed by atoms with Crippen LogP contribution >= 0.6 is 11.3 Å². The first-order valence-corrected chi connectivity index (χ1v) is 8.79. The second kappa shape index (κ2) is 7.57. The minimum atomic E-state index is -0.502. The van der Waals surface area contributed by atoms with Crippen molar-refractivity contribution >= 4 is 34.3 Å². The molecule has 8 heteroatoms. The summed E-state index contributed by atoms with van der Waals surface area (Å²) in [5.41, 5.74) is 1.66. The van der Waals surface area contributed by atoms with E-state index in [1.54, 1.807) is 29.2 Å². The van der Waals surface area contributed by atoms with Crippen LogP contribution in [0.15, 0.2) is 30.3 Å². The Morgan fingerprint density at radius 2 is 1.85 bits per heavy atom. The van der Waals surface area contributed by atoms with Crippen LogP contribution in [0, 0.1) is 0 Å². The maximum absolute atomic E-state index is 12.5. The Morgan fingerprint density at radius 1 is 1.12 bits per heavy atom. The van der Waals surface area contributed by atoms with Gasteiger partial charge >= 0.3 is 12.1 Å². The zero-order valence-corrected chi connectivity index (χ0v) is 15.2. The van der Waals surface area contributed by atoms with Gasteiger partial charge in [-0.3, -0.25) is 4.79 Å². The van der Waals surface area contributed by atoms with Gasteiger partial charge in [0.15, 0.2) is 0 Å². The van der Waals surface area contributed by atoms with E-state index in [4.69, 9.17) is 9.47 Å². The van der Waals surface area contributed by atoms with E-state index in [9.17, 15) is 14.4 Å². The highest BCUT2D eigenvalue weighted by Crippen LogP contribution is 2.38. The van der Waals surface area contributed by atoms with Crippen LogP contribution in [0.3, 0.4) is 0 Å². The molecule has 0 bridgehead atoms. The number of thiophene rings is 1. The number of methoxy groups -OCH3 is 2. The van der Waals surface area contributed by atoms with Gasteiger partial charge in [-0.05, 0) is 24.1 Å². The molecule has 0 unspecified atom stereocenters. The lowest BCUT2D eigenvalue weighted by Gasteiger charge is -2.25. The summed E-state index contributed by atoms with van der Waals surface area (Å²) in [6, 6.07) is 8.74. The van der Waals surface area contributed by atoms with Crippen molar-refractivity contribution in [3.05, 3.63) is 51.9 Å². The summed E-state index contributed by atoms with van der Waals surface area (Å²) in [5.74, 6) is -0.809. The number of amides is 2. The molecule has 2 heterocycles. The van der Waals surface area contributed by atoms with E-state index in [1.807, 2.05) is 6.07 Å². The fraction of sp³-hybridized carbons (Fsp3) is 0.278. The first-order chi connectivity index (χ1) is 12.5. The molecule has 0 atom stereocenters. The SMILES string of the molecule is COC(=O)c1c(NC(=O)c2ccccc2)sc2c1CCN(C(=O)OC)C2. The summed E-state index contributed by atoms with van der Waals surface area (Å²) in [4.78, 5) is 38.9. The summed E-state index contributed by atoms with van der Waals surface area (Å²) < 4.78 is 9.66. The number of benzene rings is 1. The average Bonchev–Trinajstić information content (AvgIpc) is 3.04. The van der Waals surface area contributed by atoms with E-state index in [-0.39, 0.29) is 5.91 Å². The lowest BCUT2D eigenvalue weighted by molar-refractivity contribution is 0.0600. The average molecular weight is 374 g/mol. The van der Waals surface area contributed by atoms with E-state index in [0.29, 0.717) is 35.6 Å². The zero-order valence-electron chi connectivity index (χ0n) is 14.4. The van der Waals surface area contributed by atoms with Gasteiger partial charge in [-0.1, -0.05) is 18.2 Å². The van der Waals surface area contributed by atoms with E-state index < -0.39 is 12.1 Å². The molecule has 26 heavy (non-hydrogen) atoms. The minimum Gasteiger partial charge on any atom is -0.465 e. The van der Waals surface area contributed by atoms with Crippen molar-refractivity contribution in [2.45, 2.75) is 13.0 Å². The molecule has 0 spiro atoms. The molecule has 1 aliphatic heterocycles. The van der Waals surface area contributed by atoms with Gasteiger partial charge in [0.25, 0.3) is 5.91 Å². The second-order valence-electron chi connectivity index (χ2n) is 5.66. The molecule has 1 aromatic carbocycles. The molecule has 1 N–H and O–H groups in total. The summed E-state index contributed by atoms with van der Waals surface area (Å²) in [6.45, 7) is 0.768. The third-order valence-electron chi connectivity index (χ3n) is 4.14. The standard InChI is InChI=1S/C18H18N2O5S/c1-24-17(22)14-12-8-9-20(18(23)25-2)10-13(12)26-16(14)19-15(21)11-6-4-3-5-7-11/h3-7H,8-10H2,1-2H3,(H,19,21). The lowest BCUT2D eigenvalue weighted by Crippen LogP contribution is -2.35. The number of ether oxygens (including phenoxy) is 2. The van der Waals surface area contributed by atoms with Gasteiger partial charge in [-0.2, -0.15) is 0 Å². The monoisotopic (exact) mass is 374 g/mol. The molecule has 0 fully saturated rings. The number of anilines is 1. The third-order valence-corrected chi connectivity index (χ3v) is 5.27. The Bertz CT molecular complexity index is 847. The number of rotatable bonds is 3. The largest absolute Gasteiger partial charge is 0.465 e. The van der Waals surface area contributed by atoms with Crippen molar-refractivity contribution < 1.29 is 23.9 Å². The summed E-state index contributed by atoms with van der Waals surface area (Å²) in [6.07, 6.45) is 0.0746. The van der Waals surface area contributed by atoms with Gasteiger partial charge in [0, 0.05) is 17.0 Å². The van der Waals surface area contributed by atoms with E-state index >= 15 is 0 Å². The molecule has 1 aromatic heterocycles. The summed E-state index contributed by atoms with van der Waals surface area (Å²) in [7, 11) is 2.64. The molecule has 3 rings (SSSR count). The van der Waals surface area contributed by atoms with Crippen molar-refractivity contribution in [3.63, 3.8) is 0 Å². The fourth-order valence-corrected chi connectivity index (χ4v) is 4.11. The van der Waals surface area contributed by atoms with Gasteiger partial charge in [-0.25, -0.2) is 9.59 Å². The summed E-state index contributed by atoms with van der Waals surface area (Å²) in [5, 5.41) is 3.23. The Balaban J connectivity index is 1.93. The number of hydrogen-bond acceptors (Lipinski definition) is 6. The predicted octanol–water partition coefficient (Wildman–Crippen LogP) is 2.91.